The Balaban J connectivity index is 1.45. The summed E-state index contributed by atoms with van der Waals surface area (Å²) in [6.07, 6.45) is -10.3. The fraction of sp³-hybridized carbons (Fsp3) is 0.509. The SMILES string of the molecule is CC[Si](CC)(CC)O[C@@H](C(=O)O[C@H]1C[C@@]2(O)[C@@H](OC(=O)c3ccccc3)[C@@H]3[C@]4(OC(C)=O)CO[C@@H]4[C@@H](Cl)[C@H](O)[C@@]3(C)C(=O)[C@H](OC(C)=O)C(=C1C)C2(C)C)[C@@H](NC(=O)c1ccccc1)c1ccccc1. The molecular weight excluding hydrogens is 938 g/mol. The lowest BCUT2D eigenvalue weighted by molar-refractivity contribution is -0.344. The molecule has 3 aromatic rings. The molecule has 0 aromatic heterocycles. The molecule has 3 N–H and O–H groups in total. The first kappa shape index (κ1) is 52.6. The topological polar surface area (TPSA) is 210 Å². The van der Waals surface area contributed by atoms with Gasteiger partial charge in [0.15, 0.2) is 31.9 Å². The first-order valence-corrected chi connectivity index (χ1v) is 26.9. The number of hydrogen-bond acceptors (Lipinski definition) is 14. The van der Waals surface area contributed by atoms with Crippen LogP contribution in [0.15, 0.2) is 102 Å². The van der Waals surface area contributed by atoms with E-state index in [0.717, 1.165) is 13.8 Å². The fourth-order valence-corrected chi connectivity index (χ4v) is 14.9. The van der Waals surface area contributed by atoms with E-state index in [9.17, 15) is 29.4 Å². The molecule has 7 rings (SSSR count). The summed E-state index contributed by atoms with van der Waals surface area (Å²) in [5, 5.41) is 28.1. The summed E-state index contributed by atoms with van der Waals surface area (Å²) < 4.78 is 38.3. The van der Waals surface area contributed by atoms with E-state index >= 15 is 9.59 Å². The third-order valence-electron chi connectivity index (χ3n) is 15.8. The summed E-state index contributed by atoms with van der Waals surface area (Å²) in [5.74, 6) is -6.60. The fourth-order valence-electron chi connectivity index (χ4n) is 11.6. The maximum Gasteiger partial charge on any atom is 0.338 e. The molecule has 1 saturated heterocycles. The number of carbonyl (C=O) groups is 6. The van der Waals surface area contributed by atoms with Crippen LogP contribution in [0.2, 0.25) is 18.1 Å². The second kappa shape index (κ2) is 20.1. The average molecular weight is 1000 g/mol. The van der Waals surface area contributed by atoms with Crippen LogP contribution in [0.3, 0.4) is 0 Å². The van der Waals surface area contributed by atoms with Gasteiger partial charge in [0, 0.05) is 31.2 Å². The number of aliphatic hydroxyl groups excluding tert-OH is 1. The number of benzene rings is 3. The van der Waals surface area contributed by atoms with Crippen LogP contribution in [0.4, 0.5) is 0 Å². The lowest BCUT2D eigenvalue weighted by Gasteiger charge is -2.68. The van der Waals surface area contributed by atoms with Crippen molar-refractivity contribution in [3.05, 3.63) is 119 Å². The monoisotopic (exact) mass is 1000 g/mol. The van der Waals surface area contributed by atoms with Gasteiger partial charge in [0.25, 0.3) is 5.91 Å². The molecule has 2 saturated carbocycles. The second-order valence-electron chi connectivity index (χ2n) is 19.8. The number of ketones is 1. The minimum Gasteiger partial charge on any atom is -0.456 e. The number of aliphatic hydroxyl groups is 2. The first-order chi connectivity index (χ1) is 33.1. The van der Waals surface area contributed by atoms with Crippen LogP contribution in [0.5, 0.6) is 0 Å². The molecule has 4 aliphatic rings. The van der Waals surface area contributed by atoms with Gasteiger partial charge in [0.1, 0.15) is 23.9 Å². The lowest BCUT2D eigenvalue weighted by atomic mass is 9.44. The van der Waals surface area contributed by atoms with Gasteiger partial charge in [-0.15, -0.1) is 11.6 Å². The highest BCUT2D eigenvalue weighted by Crippen LogP contribution is 2.65. The maximum atomic E-state index is 15.9. The molecule has 3 aromatic carbocycles. The number of esters is 4. The van der Waals surface area contributed by atoms with Crippen molar-refractivity contribution in [2.75, 3.05) is 6.61 Å². The van der Waals surface area contributed by atoms with Crippen molar-refractivity contribution in [2.24, 2.45) is 16.7 Å². The van der Waals surface area contributed by atoms with E-state index in [2.05, 4.69) is 5.32 Å². The van der Waals surface area contributed by atoms with Crippen LogP contribution in [-0.2, 0) is 47.3 Å². The third kappa shape index (κ3) is 8.93. The number of Topliss-reactive ketones (excluding diaryl/α,β-unsaturated/α-hetero) is 1. The number of amides is 1. The average Bonchev–Trinajstić information content (AvgIpc) is 3.33. The standard InChI is InChI=1S/C53H64ClNO14Si/c1-10-70(11-2,12-3)69-41(39(33-22-16-13-17-23-33)55-47(60)34-24-18-14-19-25-34)49(62)66-36-28-53(63)46(67-48(61)35-26-20-15-21-27-35)42-51(9,43(58)38(54)45-52(42,29-64-45)68-32(6)57)44(59)40(65-31(5)56)37(30(36)4)50(53,7)8/h13-27,36,38-43,45-46,58,63H,10-12,28-29H2,1-9H3,(H,55,60)/t36-,38-,39-,40+,41+,42-,43-,45+,46-,51-,52+,53+/m0/s1. The molecule has 1 heterocycles. The van der Waals surface area contributed by atoms with Crippen molar-refractivity contribution < 1.29 is 67.1 Å². The largest absolute Gasteiger partial charge is 0.456 e. The molecule has 1 aliphatic heterocycles. The van der Waals surface area contributed by atoms with Crippen molar-refractivity contribution in [3.63, 3.8) is 0 Å². The first-order valence-electron chi connectivity index (χ1n) is 23.9. The van der Waals surface area contributed by atoms with Crippen molar-refractivity contribution in [1.29, 1.82) is 0 Å². The molecule has 3 fully saturated rings. The Morgan fingerprint density at radius 1 is 0.829 bits per heavy atom. The van der Waals surface area contributed by atoms with Gasteiger partial charge in [-0.3, -0.25) is 19.2 Å². The molecule has 15 nitrogen and oxygen atoms in total. The van der Waals surface area contributed by atoms with E-state index in [1.54, 1.807) is 99.6 Å². The Morgan fingerprint density at radius 2 is 1.39 bits per heavy atom. The van der Waals surface area contributed by atoms with E-state index in [-0.39, 0.29) is 23.3 Å². The normalized spacial score (nSPS) is 30.9. The predicted molar refractivity (Wildman–Crippen MR) is 259 cm³/mol. The molecular formula is C53H64ClNO14Si. The Bertz CT molecular complexity index is 2500. The quantitative estimate of drug-likeness (QED) is 0.0461. The summed E-state index contributed by atoms with van der Waals surface area (Å²) >= 11 is 6.97. The minimum atomic E-state index is -2.76. The number of fused-ring (bicyclic) bond motifs is 5. The summed E-state index contributed by atoms with van der Waals surface area (Å²) in [6, 6.07) is 26.0. The Kier molecular flexibility index (Phi) is 15.1. The Morgan fingerprint density at radius 3 is 1.90 bits per heavy atom. The van der Waals surface area contributed by atoms with E-state index in [1.807, 2.05) is 20.8 Å². The van der Waals surface area contributed by atoms with Crippen molar-refractivity contribution >= 4 is 55.5 Å². The molecule has 0 spiro atoms. The molecule has 376 valence electrons. The molecule has 1 amide bonds. The van der Waals surface area contributed by atoms with Crippen molar-refractivity contribution in [2.45, 2.75) is 146 Å². The van der Waals surface area contributed by atoms with Crippen LogP contribution < -0.4 is 5.32 Å². The summed E-state index contributed by atoms with van der Waals surface area (Å²) in [5.41, 5.74) is -7.05. The number of alkyl halides is 1. The predicted octanol–water partition coefficient (Wildman–Crippen LogP) is 6.98. The lowest BCUT2D eigenvalue weighted by Crippen LogP contribution is -2.84. The summed E-state index contributed by atoms with van der Waals surface area (Å²) in [7, 11) is -2.76. The molecule has 70 heavy (non-hydrogen) atoms. The number of nitrogens with one attached hydrogen (secondary N) is 1. The van der Waals surface area contributed by atoms with Gasteiger partial charge in [-0.1, -0.05) is 101 Å². The van der Waals surface area contributed by atoms with Gasteiger partial charge >= 0.3 is 23.9 Å². The van der Waals surface area contributed by atoms with E-state index in [1.165, 1.54) is 19.1 Å². The number of ether oxygens (including phenoxy) is 5. The van der Waals surface area contributed by atoms with Crippen LogP contribution in [0.25, 0.3) is 0 Å². The number of carbonyl (C=O) groups excluding carboxylic acids is 6. The highest BCUT2D eigenvalue weighted by Gasteiger charge is 2.80. The zero-order chi connectivity index (χ0) is 51.1. The van der Waals surface area contributed by atoms with E-state index < -0.39 is 126 Å². The maximum absolute atomic E-state index is 15.9. The molecule has 3 aliphatic carbocycles. The van der Waals surface area contributed by atoms with E-state index in [0.29, 0.717) is 29.3 Å². The van der Waals surface area contributed by atoms with Crippen LogP contribution in [-0.4, -0.2) is 114 Å². The molecule has 0 unspecified atom stereocenters. The van der Waals surface area contributed by atoms with Crippen LogP contribution in [0.1, 0.15) is 101 Å². The minimum absolute atomic E-state index is 0.0142. The van der Waals surface area contributed by atoms with Gasteiger partial charge in [0.2, 0.25) is 0 Å². The molecule has 12 atom stereocenters. The summed E-state index contributed by atoms with van der Waals surface area (Å²) in [6.45, 7) is 14.0. The van der Waals surface area contributed by atoms with Gasteiger partial charge < -0.3 is 43.6 Å². The zero-order valence-corrected chi connectivity index (χ0v) is 42.8. The highest BCUT2D eigenvalue weighted by molar-refractivity contribution is 6.73. The van der Waals surface area contributed by atoms with Gasteiger partial charge in [-0.05, 0) is 73.0 Å². The molecule has 17 heteroatoms. The van der Waals surface area contributed by atoms with Crippen molar-refractivity contribution in [3.8, 4) is 0 Å². The highest BCUT2D eigenvalue weighted by atomic mass is 35.5. The van der Waals surface area contributed by atoms with Gasteiger partial charge in [0.05, 0.1) is 41.0 Å². The van der Waals surface area contributed by atoms with E-state index in [4.69, 9.17) is 39.7 Å². The van der Waals surface area contributed by atoms with Crippen LogP contribution in [0, 0.1) is 16.7 Å². The number of hydrogen-bond donors (Lipinski definition) is 3. The van der Waals surface area contributed by atoms with Crippen molar-refractivity contribution in [1.82, 2.24) is 5.32 Å². The third-order valence-corrected chi connectivity index (χ3v) is 20.8. The van der Waals surface area contributed by atoms with Gasteiger partial charge in [-0.2, -0.15) is 0 Å². The molecule has 2 bridgehead atoms. The molecule has 0 radical (unpaired) electrons. The zero-order valence-electron chi connectivity index (χ0n) is 41.1. The Hall–Kier alpha value is -5.23. The van der Waals surface area contributed by atoms with Crippen LogP contribution >= 0.6 is 11.6 Å². The second-order valence-corrected chi connectivity index (χ2v) is 25.0. The number of halogens is 1. The number of rotatable bonds is 15. The van der Waals surface area contributed by atoms with Gasteiger partial charge in [-0.25, -0.2) is 9.59 Å². The summed E-state index contributed by atoms with van der Waals surface area (Å²) in [4.78, 5) is 86.5. The smallest absolute Gasteiger partial charge is 0.338 e. The Labute approximate surface area is 414 Å².